The number of guanidine groups is 1. The van der Waals surface area contributed by atoms with Crippen LogP contribution < -0.4 is 10.6 Å². The number of anilines is 1. The van der Waals surface area contributed by atoms with E-state index < -0.39 is 29.0 Å². The van der Waals surface area contributed by atoms with E-state index in [0.717, 1.165) is 18.2 Å². The Morgan fingerprint density at radius 1 is 1.17 bits per heavy atom. The average molecular weight is 419 g/mol. The van der Waals surface area contributed by atoms with E-state index in [-0.39, 0.29) is 23.9 Å². The molecule has 0 bridgehead atoms. The third kappa shape index (κ3) is 4.95. The third-order valence-electron chi connectivity index (χ3n) is 4.09. The molecule has 30 heavy (non-hydrogen) atoms. The molecule has 2 aromatic carbocycles. The van der Waals surface area contributed by atoms with Crippen LogP contribution in [0.3, 0.4) is 0 Å². The van der Waals surface area contributed by atoms with E-state index in [1.807, 2.05) is 0 Å². The fourth-order valence-corrected chi connectivity index (χ4v) is 2.63. The highest BCUT2D eigenvalue weighted by Gasteiger charge is 2.17. The first-order chi connectivity index (χ1) is 14.0. The second-order valence-corrected chi connectivity index (χ2v) is 7.32. The number of aliphatic hydroxyl groups is 1. The van der Waals surface area contributed by atoms with E-state index in [4.69, 9.17) is 0 Å². The maximum Gasteiger partial charge on any atom is 0.258 e. The Kier molecular flexibility index (Phi) is 5.79. The number of aromatic nitrogens is 2. The first-order valence-corrected chi connectivity index (χ1v) is 8.96. The molecule has 0 atom stereocenters. The standard InChI is InChI=1S/C20H20F3N5O2/c1-20(2,30)10-24-19(26-18(29)11-4-7-14(22)15(23)8-11)25-17-13-6-5-12(21)9-16(13)28(3)27-17/h4-9,30H,10H2,1-3H3,(H2,24,25,26,27,29). The van der Waals surface area contributed by atoms with Gasteiger partial charge < -0.3 is 10.4 Å². The molecular weight excluding hydrogens is 399 g/mol. The molecule has 1 aromatic heterocycles. The molecule has 0 unspecified atom stereocenters. The first-order valence-electron chi connectivity index (χ1n) is 8.96. The monoisotopic (exact) mass is 419 g/mol. The molecular formula is C20H20F3N5O2. The largest absolute Gasteiger partial charge is 0.389 e. The van der Waals surface area contributed by atoms with Crippen molar-refractivity contribution in [2.45, 2.75) is 19.4 Å². The van der Waals surface area contributed by atoms with E-state index in [9.17, 15) is 23.1 Å². The number of hydrogen-bond acceptors (Lipinski definition) is 4. The van der Waals surface area contributed by atoms with Crippen molar-refractivity contribution in [2.75, 3.05) is 11.9 Å². The fourth-order valence-electron chi connectivity index (χ4n) is 2.63. The maximum atomic E-state index is 13.5. The highest BCUT2D eigenvalue weighted by Crippen LogP contribution is 2.23. The Hall–Kier alpha value is -3.40. The zero-order chi connectivity index (χ0) is 22.1. The molecule has 0 aliphatic heterocycles. The summed E-state index contributed by atoms with van der Waals surface area (Å²) in [6, 6.07) is 6.82. The number of nitrogens with zero attached hydrogens (tertiary/aromatic N) is 3. The van der Waals surface area contributed by atoms with Crippen molar-refractivity contribution >= 4 is 28.6 Å². The van der Waals surface area contributed by atoms with Gasteiger partial charge in [-0.1, -0.05) is 0 Å². The quantitative estimate of drug-likeness (QED) is 0.448. The van der Waals surface area contributed by atoms with Gasteiger partial charge in [-0.2, -0.15) is 5.10 Å². The van der Waals surface area contributed by atoms with Crippen molar-refractivity contribution in [1.29, 1.82) is 0 Å². The molecule has 0 aliphatic rings. The van der Waals surface area contributed by atoms with Gasteiger partial charge in [0, 0.05) is 18.0 Å². The van der Waals surface area contributed by atoms with Crippen molar-refractivity contribution < 1.29 is 23.1 Å². The van der Waals surface area contributed by atoms with Gasteiger partial charge in [-0.3, -0.25) is 14.8 Å². The molecule has 1 amide bonds. The highest BCUT2D eigenvalue weighted by atomic mass is 19.2. The summed E-state index contributed by atoms with van der Waals surface area (Å²) >= 11 is 0. The van der Waals surface area contributed by atoms with E-state index >= 15 is 0 Å². The van der Waals surface area contributed by atoms with Crippen LogP contribution in [0.25, 0.3) is 10.9 Å². The topological polar surface area (TPSA) is 91.5 Å². The van der Waals surface area contributed by atoms with Gasteiger partial charge in [-0.25, -0.2) is 18.2 Å². The van der Waals surface area contributed by atoms with Crippen LogP contribution in [0, 0.1) is 17.5 Å². The van der Waals surface area contributed by atoms with Gasteiger partial charge in [-0.05, 0) is 50.2 Å². The number of amides is 1. The Balaban J connectivity index is 1.91. The SMILES string of the molecule is Cn1nc(NC(=NCC(C)(C)O)NC(=O)c2ccc(F)c(F)c2)c2ccc(F)cc21. The Bertz CT molecular complexity index is 1140. The number of hydrogen-bond donors (Lipinski definition) is 3. The molecule has 0 aliphatic carbocycles. The molecule has 1 heterocycles. The van der Waals surface area contributed by atoms with Gasteiger partial charge in [0.2, 0.25) is 5.96 Å². The molecule has 0 radical (unpaired) electrons. The lowest BCUT2D eigenvalue weighted by Crippen LogP contribution is -2.38. The van der Waals surface area contributed by atoms with Crippen LogP contribution in [0.4, 0.5) is 19.0 Å². The van der Waals surface area contributed by atoms with Crippen LogP contribution in [-0.4, -0.2) is 38.9 Å². The van der Waals surface area contributed by atoms with Crippen LogP contribution >= 0.6 is 0 Å². The number of rotatable bonds is 4. The summed E-state index contributed by atoms with van der Waals surface area (Å²) in [6.07, 6.45) is 0. The number of aryl methyl sites for hydroxylation is 1. The number of halogens is 3. The summed E-state index contributed by atoms with van der Waals surface area (Å²) < 4.78 is 41.6. The predicted octanol–water partition coefficient (Wildman–Crippen LogP) is 2.96. The number of carbonyl (C=O) groups is 1. The molecule has 158 valence electrons. The van der Waals surface area contributed by atoms with Crippen LogP contribution in [0.1, 0.15) is 24.2 Å². The Labute approximate surface area is 170 Å². The third-order valence-corrected chi connectivity index (χ3v) is 4.09. The van der Waals surface area contributed by atoms with Crippen molar-refractivity contribution in [3.05, 3.63) is 59.4 Å². The minimum atomic E-state index is -1.17. The van der Waals surface area contributed by atoms with Gasteiger partial charge in [0.05, 0.1) is 17.7 Å². The van der Waals surface area contributed by atoms with Crippen LogP contribution in [0.2, 0.25) is 0 Å². The average Bonchev–Trinajstić information content (AvgIpc) is 2.96. The normalized spacial score (nSPS) is 12.3. The zero-order valence-corrected chi connectivity index (χ0v) is 16.5. The molecule has 0 saturated carbocycles. The molecule has 3 N–H and O–H groups in total. The fraction of sp³-hybridized carbons (Fsp3) is 0.250. The van der Waals surface area contributed by atoms with Gasteiger partial charge in [0.1, 0.15) is 5.82 Å². The lowest BCUT2D eigenvalue weighted by Gasteiger charge is -2.16. The number of carbonyl (C=O) groups excluding carboxylic acids is 1. The van der Waals surface area contributed by atoms with E-state index in [1.54, 1.807) is 7.05 Å². The van der Waals surface area contributed by atoms with Crippen LogP contribution in [0.15, 0.2) is 41.4 Å². The van der Waals surface area contributed by atoms with Crippen molar-refractivity contribution in [1.82, 2.24) is 15.1 Å². The second-order valence-electron chi connectivity index (χ2n) is 7.32. The van der Waals surface area contributed by atoms with Gasteiger partial charge >= 0.3 is 0 Å². The number of nitrogens with one attached hydrogen (secondary N) is 2. The van der Waals surface area contributed by atoms with Gasteiger partial charge in [0.15, 0.2) is 17.5 Å². The Morgan fingerprint density at radius 2 is 1.90 bits per heavy atom. The second kappa shape index (κ2) is 8.15. The summed E-state index contributed by atoms with van der Waals surface area (Å²) in [5.74, 6) is -3.21. The summed E-state index contributed by atoms with van der Waals surface area (Å²) in [6.45, 7) is 2.99. The molecule has 3 rings (SSSR count). The molecule has 0 saturated heterocycles. The van der Waals surface area contributed by atoms with Crippen molar-refractivity contribution in [3.63, 3.8) is 0 Å². The lowest BCUT2D eigenvalue weighted by molar-refractivity contribution is 0.0897. The summed E-state index contributed by atoms with van der Waals surface area (Å²) in [5, 5.41) is 20.1. The van der Waals surface area contributed by atoms with Gasteiger partial charge in [0.25, 0.3) is 5.91 Å². The minimum Gasteiger partial charge on any atom is -0.389 e. The summed E-state index contributed by atoms with van der Waals surface area (Å²) in [5.41, 5.74) is -0.791. The number of aliphatic imine (C=N–C) groups is 1. The van der Waals surface area contributed by atoms with E-state index in [1.165, 1.54) is 36.7 Å². The summed E-state index contributed by atoms with van der Waals surface area (Å²) in [7, 11) is 1.63. The van der Waals surface area contributed by atoms with Crippen LogP contribution in [0.5, 0.6) is 0 Å². The molecule has 10 heteroatoms. The number of benzene rings is 2. The lowest BCUT2D eigenvalue weighted by atomic mass is 10.1. The predicted molar refractivity (Wildman–Crippen MR) is 107 cm³/mol. The molecule has 0 fully saturated rings. The zero-order valence-electron chi connectivity index (χ0n) is 16.5. The maximum absolute atomic E-state index is 13.5. The summed E-state index contributed by atoms with van der Waals surface area (Å²) in [4.78, 5) is 16.6. The first kappa shape index (κ1) is 21.3. The van der Waals surface area contributed by atoms with Crippen molar-refractivity contribution in [2.24, 2.45) is 12.0 Å². The highest BCUT2D eigenvalue weighted by molar-refractivity contribution is 6.11. The smallest absolute Gasteiger partial charge is 0.258 e. The van der Waals surface area contributed by atoms with Crippen molar-refractivity contribution in [3.8, 4) is 0 Å². The van der Waals surface area contributed by atoms with Crippen LogP contribution in [-0.2, 0) is 7.05 Å². The molecule has 7 nitrogen and oxygen atoms in total. The van der Waals surface area contributed by atoms with E-state index in [0.29, 0.717) is 10.9 Å². The van der Waals surface area contributed by atoms with Gasteiger partial charge in [-0.15, -0.1) is 0 Å². The van der Waals surface area contributed by atoms with E-state index in [2.05, 4.69) is 20.7 Å². The molecule has 0 spiro atoms. The minimum absolute atomic E-state index is 0.0730. The molecule has 3 aromatic rings. The number of fused-ring (bicyclic) bond motifs is 1. The Morgan fingerprint density at radius 3 is 2.57 bits per heavy atom.